The van der Waals surface area contributed by atoms with E-state index in [1.54, 1.807) is 25.3 Å². The first kappa shape index (κ1) is 21.7. The molecule has 2 N–H and O–H groups in total. The fraction of sp³-hybridized carbons (Fsp3) is 0.300. The highest BCUT2D eigenvalue weighted by atomic mass is 16.6. The highest BCUT2D eigenvalue weighted by molar-refractivity contribution is 5.93. The molecule has 31 heavy (non-hydrogen) atoms. The maximum absolute atomic E-state index is 12.8. The third-order valence-corrected chi connectivity index (χ3v) is 4.40. The van der Waals surface area contributed by atoms with Crippen LogP contribution < -0.4 is 10.6 Å². The first-order chi connectivity index (χ1) is 14.8. The van der Waals surface area contributed by atoms with Gasteiger partial charge in [0.25, 0.3) is 0 Å². The average Bonchev–Trinajstić information content (AvgIpc) is 3.22. The molecule has 0 aromatic carbocycles. The van der Waals surface area contributed by atoms with E-state index in [0.29, 0.717) is 17.7 Å². The Morgan fingerprint density at radius 3 is 2.65 bits per heavy atom. The van der Waals surface area contributed by atoms with Crippen molar-refractivity contribution in [3.63, 3.8) is 0 Å². The molecule has 0 aliphatic carbocycles. The number of nitrogens with zero attached hydrogens (tertiary/aromatic N) is 5. The molecule has 3 aromatic heterocycles. The van der Waals surface area contributed by atoms with Gasteiger partial charge in [0.2, 0.25) is 11.7 Å². The van der Waals surface area contributed by atoms with Crippen molar-refractivity contribution >= 4 is 23.3 Å². The Morgan fingerprint density at radius 1 is 1.29 bits per heavy atom. The van der Waals surface area contributed by atoms with Crippen LogP contribution in [-0.2, 0) is 17.7 Å². The summed E-state index contributed by atoms with van der Waals surface area (Å²) in [4.78, 5) is 37.4. The lowest BCUT2D eigenvalue weighted by molar-refractivity contribution is -0.383. The minimum atomic E-state index is -0.774. The van der Waals surface area contributed by atoms with Gasteiger partial charge < -0.3 is 14.9 Å². The summed E-state index contributed by atoms with van der Waals surface area (Å²) in [6.07, 6.45) is 2.96. The summed E-state index contributed by atoms with van der Waals surface area (Å²) in [5, 5.41) is 11.8. The van der Waals surface area contributed by atoms with Gasteiger partial charge in [-0.25, -0.2) is 14.8 Å². The molecule has 0 aliphatic heterocycles. The third kappa shape index (κ3) is 4.77. The minimum absolute atomic E-state index is 0.0262. The lowest BCUT2D eigenvalue weighted by Crippen LogP contribution is -2.32. The molecular weight excluding hydrogens is 404 g/mol. The fourth-order valence-electron chi connectivity index (χ4n) is 2.86. The number of carbonyl (C=O) groups is 1. The van der Waals surface area contributed by atoms with E-state index in [0.717, 1.165) is 10.6 Å². The maximum Gasteiger partial charge on any atom is 0.414 e. The molecule has 0 fully saturated rings. The van der Waals surface area contributed by atoms with Gasteiger partial charge in [0.1, 0.15) is 17.1 Å². The van der Waals surface area contributed by atoms with Gasteiger partial charge in [-0.2, -0.15) is 0 Å². The van der Waals surface area contributed by atoms with E-state index < -0.39 is 16.7 Å². The fourth-order valence-corrected chi connectivity index (χ4v) is 2.86. The van der Waals surface area contributed by atoms with Crippen molar-refractivity contribution in [1.29, 1.82) is 0 Å². The molecule has 11 heteroatoms. The Bertz CT molecular complexity index is 1100. The van der Waals surface area contributed by atoms with E-state index in [9.17, 15) is 14.9 Å². The standard InChI is InChI=1S/C20H22N6O5/c1-4-14-10-23-19(31-14)15-8-16(17(26(28)29)18(21)24-15)25(20(27)30-5-2)11-13-7-6-12(3)22-9-13/h6-10H,4-5,11H2,1-3H3,(H2,21,24). The SMILES string of the molecule is CCOC(=O)N(Cc1ccc(C)nc1)c1cc(-c2ncc(CC)o2)nc(N)c1[N+](=O)[O-]. The van der Waals surface area contributed by atoms with Crippen LogP contribution in [0.2, 0.25) is 0 Å². The summed E-state index contributed by atoms with van der Waals surface area (Å²) in [5.74, 6) is 0.383. The number of anilines is 2. The second-order valence-electron chi connectivity index (χ2n) is 6.60. The Morgan fingerprint density at radius 2 is 2.06 bits per heavy atom. The molecule has 0 bridgehead atoms. The van der Waals surface area contributed by atoms with E-state index in [1.165, 1.54) is 12.3 Å². The van der Waals surface area contributed by atoms with Crippen molar-refractivity contribution in [1.82, 2.24) is 15.0 Å². The van der Waals surface area contributed by atoms with Gasteiger partial charge in [-0.1, -0.05) is 13.0 Å². The van der Waals surface area contributed by atoms with Crippen molar-refractivity contribution in [2.45, 2.75) is 33.7 Å². The van der Waals surface area contributed by atoms with Crippen LogP contribution in [0.15, 0.2) is 35.0 Å². The van der Waals surface area contributed by atoms with E-state index in [2.05, 4.69) is 15.0 Å². The molecule has 162 valence electrons. The van der Waals surface area contributed by atoms with E-state index in [4.69, 9.17) is 14.9 Å². The number of oxazole rings is 1. The zero-order valence-corrected chi connectivity index (χ0v) is 17.4. The molecule has 0 aliphatic rings. The average molecular weight is 426 g/mol. The van der Waals surface area contributed by atoms with Gasteiger partial charge in [0, 0.05) is 24.4 Å². The second kappa shape index (κ2) is 9.20. The molecule has 1 amide bonds. The predicted molar refractivity (Wildman–Crippen MR) is 112 cm³/mol. The molecule has 3 heterocycles. The Labute approximate surface area is 178 Å². The van der Waals surface area contributed by atoms with Crippen molar-refractivity contribution in [3.8, 4) is 11.6 Å². The Kier molecular flexibility index (Phi) is 6.43. The first-order valence-electron chi connectivity index (χ1n) is 9.59. The number of ether oxygens (including phenoxy) is 1. The molecule has 0 radical (unpaired) electrons. The minimum Gasteiger partial charge on any atom is -0.449 e. The predicted octanol–water partition coefficient (Wildman–Crippen LogP) is 3.66. The number of aromatic nitrogens is 3. The molecule has 0 saturated carbocycles. The summed E-state index contributed by atoms with van der Waals surface area (Å²) in [7, 11) is 0. The molecule has 0 atom stereocenters. The van der Waals surface area contributed by atoms with Gasteiger partial charge in [0.15, 0.2) is 0 Å². The smallest absolute Gasteiger partial charge is 0.414 e. The summed E-state index contributed by atoms with van der Waals surface area (Å²) < 4.78 is 10.7. The van der Waals surface area contributed by atoms with E-state index in [1.807, 2.05) is 13.8 Å². The van der Waals surface area contributed by atoms with Crippen LogP contribution in [0.3, 0.4) is 0 Å². The van der Waals surface area contributed by atoms with Crippen molar-refractivity contribution in [2.75, 3.05) is 17.2 Å². The summed E-state index contributed by atoms with van der Waals surface area (Å²) in [5.41, 5.74) is 6.92. The van der Waals surface area contributed by atoms with Crippen molar-refractivity contribution in [2.24, 2.45) is 0 Å². The zero-order chi connectivity index (χ0) is 22.5. The number of amides is 1. The van der Waals surface area contributed by atoms with Crippen LogP contribution in [0.5, 0.6) is 0 Å². The first-order valence-corrected chi connectivity index (χ1v) is 9.59. The lowest BCUT2D eigenvalue weighted by Gasteiger charge is -2.22. The lowest BCUT2D eigenvalue weighted by atomic mass is 10.2. The maximum atomic E-state index is 12.8. The Balaban J connectivity index is 2.15. The molecule has 3 rings (SSSR count). The highest BCUT2D eigenvalue weighted by Crippen LogP contribution is 2.37. The van der Waals surface area contributed by atoms with Gasteiger partial charge in [0.05, 0.1) is 24.3 Å². The summed E-state index contributed by atoms with van der Waals surface area (Å²) >= 11 is 0. The monoisotopic (exact) mass is 426 g/mol. The summed E-state index contributed by atoms with van der Waals surface area (Å²) in [6.45, 7) is 5.42. The number of nitrogen functional groups attached to an aromatic ring is 1. The van der Waals surface area contributed by atoms with Crippen molar-refractivity contribution in [3.05, 3.63) is 57.7 Å². The van der Waals surface area contributed by atoms with Crippen LogP contribution >= 0.6 is 0 Å². The normalized spacial score (nSPS) is 10.7. The second-order valence-corrected chi connectivity index (χ2v) is 6.60. The van der Waals surface area contributed by atoms with Gasteiger partial charge >= 0.3 is 11.8 Å². The van der Waals surface area contributed by atoms with Gasteiger partial charge in [-0.15, -0.1) is 0 Å². The van der Waals surface area contributed by atoms with Gasteiger partial charge in [-0.05, 0) is 25.5 Å². The molecule has 11 nitrogen and oxygen atoms in total. The van der Waals surface area contributed by atoms with Crippen molar-refractivity contribution < 1.29 is 18.9 Å². The molecule has 0 unspecified atom stereocenters. The van der Waals surface area contributed by atoms with Crippen LogP contribution in [0.1, 0.15) is 30.9 Å². The Hall–Kier alpha value is -4.02. The van der Waals surface area contributed by atoms with Gasteiger partial charge in [-0.3, -0.25) is 20.0 Å². The number of pyridine rings is 2. The zero-order valence-electron chi connectivity index (χ0n) is 17.4. The molecule has 3 aromatic rings. The number of carbonyl (C=O) groups excluding carboxylic acids is 1. The van der Waals surface area contributed by atoms with Crippen LogP contribution in [-0.4, -0.2) is 32.6 Å². The largest absolute Gasteiger partial charge is 0.449 e. The topological polar surface area (TPSA) is 151 Å². The summed E-state index contributed by atoms with van der Waals surface area (Å²) in [6, 6.07) is 4.89. The number of rotatable bonds is 7. The van der Waals surface area contributed by atoms with Crippen LogP contribution in [0.4, 0.5) is 22.0 Å². The third-order valence-electron chi connectivity index (χ3n) is 4.40. The molecule has 0 saturated heterocycles. The number of nitro groups is 1. The van der Waals surface area contributed by atoms with E-state index in [-0.39, 0.29) is 36.2 Å². The number of nitrogens with two attached hydrogens (primary N) is 1. The van der Waals surface area contributed by atoms with E-state index >= 15 is 0 Å². The molecular formula is C20H22N6O5. The number of hydrogen-bond acceptors (Lipinski definition) is 9. The number of aryl methyl sites for hydroxylation is 2. The van der Waals surface area contributed by atoms with Crippen LogP contribution in [0.25, 0.3) is 11.6 Å². The number of hydrogen-bond donors (Lipinski definition) is 1. The quantitative estimate of drug-likeness (QED) is 0.441. The van der Waals surface area contributed by atoms with Crippen LogP contribution in [0, 0.1) is 17.0 Å². The molecule has 0 spiro atoms. The highest BCUT2D eigenvalue weighted by Gasteiger charge is 2.31.